The Morgan fingerprint density at radius 1 is 1.30 bits per heavy atom. The van der Waals surface area contributed by atoms with Crippen molar-refractivity contribution in [1.29, 1.82) is 0 Å². The third kappa shape index (κ3) is 7.95. The van der Waals surface area contributed by atoms with Gasteiger partial charge in [-0.05, 0) is 30.2 Å². The summed E-state index contributed by atoms with van der Waals surface area (Å²) in [6, 6.07) is 5.97. The Hall–Kier alpha value is -3.95. The molecule has 0 aliphatic carbocycles. The van der Waals surface area contributed by atoms with Crippen LogP contribution >= 0.6 is 34.7 Å². The SMILES string of the molecule is COc1ccc(COC(=O)C2=C(/C=C/CCl)CS[C@@H]3[C@H](NC(=O)/C(=N\OCC(C)F)c4csc(NC(C)=O)n4)C(=O)N23)cc1. The van der Waals surface area contributed by atoms with Gasteiger partial charge in [0.1, 0.15) is 47.9 Å². The zero-order valence-electron chi connectivity index (χ0n) is 23.9. The number of carbonyl (C=O) groups is 4. The predicted octanol–water partition coefficient (Wildman–Crippen LogP) is 3.38. The van der Waals surface area contributed by atoms with Crippen LogP contribution in [0.4, 0.5) is 9.52 Å². The fraction of sp³-hybridized carbons (Fsp3) is 0.357. The summed E-state index contributed by atoms with van der Waals surface area (Å²) in [7, 11) is 1.55. The number of halogens is 2. The second-order valence-corrected chi connectivity index (χ2v) is 11.7. The fourth-order valence-corrected chi connectivity index (χ4v) is 6.24. The normalized spacial score (nSPS) is 18.8. The smallest absolute Gasteiger partial charge is 0.355 e. The van der Waals surface area contributed by atoms with Gasteiger partial charge in [-0.1, -0.05) is 29.4 Å². The number of amides is 3. The van der Waals surface area contributed by atoms with Crippen LogP contribution in [0, 0.1) is 0 Å². The number of allylic oxidation sites excluding steroid dienone is 2. The first-order valence-electron chi connectivity index (χ1n) is 13.2. The van der Waals surface area contributed by atoms with E-state index in [-0.39, 0.29) is 40.6 Å². The molecule has 44 heavy (non-hydrogen) atoms. The van der Waals surface area contributed by atoms with E-state index >= 15 is 0 Å². The van der Waals surface area contributed by atoms with Crippen molar-refractivity contribution < 1.29 is 37.9 Å². The molecule has 2 aliphatic heterocycles. The Morgan fingerprint density at radius 3 is 2.70 bits per heavy atom. The van der Waals surface area contributed by atoms with Gasteiger partial charge in [0.15, 0.2) is 10.8 Å². The maximum atomic E-state index is 13.4. The van der Waals surface area contributed by atoms with Crippen LogP contribution in [0.1, 0.15) is 25.1 Å². The maximum Gasteiger partial charge on any atom is 0.355 e. The van der Waals surface area contributed by atoms with E-state index in [0.717, 1.165) is 16.9 Å². The van der Waals surface area contributed by atoms with Gasteiger partial charge in [-0.3, -0.25) is 19.3 Å². The molecule has 4 rings (SSSR count). The average Bonchev–Trinajstić information content (AvgIpc) is 3.46. The number of anilines is 1. The molecule has 3 atom stereocenters. The Labute approximate surface area is 265 Å². The number of carbonyl (C=O) groups excluding carboxylic acids is 4. The number of thiazole rings is 1. The van der Waals surface area contributed by atoms with Crippen molar-refractivity contribution in [2.45, 2.75) is 38.0 Å². The van der Waals surface area contributed by atoms with Crippen LogP contribution in [0.5, 0.6) is 5.75 Å². The number of rotatable bonds is 13. The first kappa shape index (κ1) is 33.0. The van der Waals surface area contributed by atoms with E-state index in [0.29, 0.717) is 17.1 Å². The first-order chi connectivity index (χ1) is 21.1. The molecule has 234 valence electrons. The third-order valence-corrected chi connectivity index (χ3v) is 8.36. The zero-order chi connectivity index (χ0) is 31.8. The van der Waals surface area contributed by atoms with E-state index < -0.39 is 42.0 Å². The Kier molecular flexibility index (Phi) is 11.4. The highest BCUT2D eigenvalue weighted by atomic mass is 35.5. The molecule has 0 bridgehead atoms. The Bertz CT molecular complexity index is 1500. The molecule has 12 nitrogen and oxygen atoms in total. The maximum absolute atomic E-state index is 13.4. The van der Waals surface area contributed by atoms with Gasteiger partial charge < -0.3 is 24.9 Å². The summed E-state index contributed by atoms with van der Waals surface area (Å²) in [5.41, 5.74) is 1.07. The van der Waals surface area contributed by atoms with Crippen LogP contribution in [-0.2, 0) is 35.4 Å². The summed E-state index contributed by atoms with van der Waals surface area (Å²) in [6.45, 7) is 2.11. The number of alkyl halides is 2. The van der Waals surface area contributed by atoms with Gasteiger partial charge in [0, 0.05) is 23.9 Å². The van der Waals surface area contributed by atoms with E-state index in [4.69, 9.17) is 25.9 Å². The molecule has 3 heterocycles. The molecular formula is C28H29ClFN5O7S2. The molecule has 1 aromatic heterocycles. The molecule has 1 fully saturated rings. The van der Waals surface area contributed by atoms with Crippen molar-refractivity contribution in [3.05, 3.63) is 64.3 Å². The summed E-state index contributed by atoms with van der Waals surface area (Å²) in [4.78, 5) is 61.9. The lowest BCUT2D eigenvalue weighted by molar-refractivity contribution is -0.153. The van der Waals surface area contributed by atoms with Gasteiger partial charge in [0.2, 0.25) is 5.91 Å². The van der Waals surface area contributed by atoms with E-state index in [2.05, 4.69) is 20.8 Å². The van der Waals surface area contributed by atoms with Crippen molar-refractivity contribution in [2.75, 3.05) is 30.7 Å². The van der Waals surface area contributed by atoms with Crippen LogP contribution in [0.25, 0.3) is 0 Å². The molecule has 0 spiro atoms. The number of hydrogen-bond acceptors (Lipinski definition) is 11. The molecule has 1 aromatic carbocycles. The summed E-state index contributed by atoms with van der Waals surface area (Å²) < 4.78 is 24.0. The number of nitrogens with zero attached hydrogens (tertiary/aromatic N) is 3. The standard InChI is InChI=1S/C28H29ClFN5O7S2/c1-15(30)11-42-34-21(20-14-44-28(32-20)31-16(2)36)24(37)33-22-25(38)35-23(18(5-4-10-29)13-43-26(22)35)27(39)41-12-17-6-8-19(40-3)9-7-17/h4-9,14-15,22,26H,10-13H2,1-3H3,(H,33,37)(H,31,32,36)/b5-4+,34-21-/t15?,22-,26-/m1/s1. The van der Waals surface area contributed by atoms with E-state index in [9.17, 15) is 23.6 Å². The highest BCUT2D eigenvalue weighted by molar-refractivity contribution is 8.00. The number of methoxy groups -OCH3 is 1. The minimum Gasteiger partial charge on any atom is -0.497 e. The van der Waals surface area contributed by atoms with Gasteiger partial charge in [-0.2, -0.15) is 0 Å². The molecule has 1 unspecified atom stereocenters. The lowest BCUT2D eigenvalue weighted by Gasteiger charge is -2.49. The van der Waals surface area contributed by atoms with Crippen molar-refractivity contribution >= 4 is 69.2 Å². The van der Waals surface area contributed by atoms with E-state index in [1.807, 2.05) is 0 Å². The summed E-state index contributed by atoms with van der Waals surface area (Å²) in [5.74, 6) is -1.23. The summed E-state index contributed by atoms with van der Waals surface area (Å²) >= 11 is 8.21. The number of oxime groups is 1. The van der Waals surface area contributed by atoms with Gasteiger partial charge >= 0.3 is 5.97 Å². The molecule has 2 N–H and O–H groups in total. The van der Waals surface area contributed by atoms with Crippen LogP contribution in [-0.4, -0.2) is 82.2 Å². The number of ether oxygens (including phenoxy) is 2. The van der Waals surface area contributed by atoms with E-state index in [1.165, 1.54) is 35.9 Å². The molecule has 16 heteroatoms. The molecule has 2 aliphatic rings. The second-order valence-electron chi connectivity index (χ2n) is 9.45. The molecule has 0 saturated carbocycles. The lowest BCUT2D eigenvalue weighted by Crippen LogP contribution is -2.71. The van der Waals surface area contributed by atoms with Gasteiger partial charge in [0.25, 0.3) is 11.8 Å². The number of aromatic nitrogens is 1. The fourth-order valence-electron chi connectivity index (χ4n) is 4.10. The summed E-state index contributed by atoms with van der Waals surface area (Å²) in [6.07, 6.45) is 1.97. The highest BCUT2D eigenvalue weighted by Crippen LogP contribution is 2.41. The quantitative estimate of drug-likeness (QED) is 0.108. The van der Waals surface area contributed by atoms with Crippen molar-refractivity contribution in [3.63, 3.8) is 0 Å². The number of esters is 1. The van der Waals surface area contributed by atoms with Crippen LogP contribution < -0.4 is 15.4 Å². The number of hydrogen-bond donors (Lipinski definition) is 2. The minimum atomic E-state index is -1.36. The largest absolute Gasteiger partial charge is 0.497 e. The number of thioether (sulfide) groups is 1. The first-order valence-corrected chi connectivity index (χ1v) is 15.7. The van der Waals surface area contributed by atoms with Gasteiger partial charge in [-0.25, -0.2) is 14.2 Å². The number of β-lactam (4-membered cyclic amide) rings is 1. The predicted molar refractivity (Wildman–Crippen MR) is 164 cm³/mol. The van der Waals surface area contributed by atoms with Crippen LogP contribution in [0.15, 0.2) is 58.2 Å². The highest BCUT2D eigenvalue weighted by Gasteiger charge is 2.54. The molecule has 1 saturated heterocycles. The molecule has 3 amide bonds. The van der Waals surface area contributed by atoms with E-state index in [1.54, 1.807) is 43.5 Å². The second kappa shape index (κ2) is 15.2. The molecule has 2 aromatic rings. The van der Waals surface area contributed by atoms with Crippen molar-refractivity contribution in [2.24, 2.45) is 5.16 Å². The average molecular weight is 666 g/mol. The minimum absolute atomic E-state index is 0.0374. The monoisotopic (exact) mass is 665 g/mol. The van der Waals surface area contributed by atoms with Crippen LogP contribution in [0.3, 0.4) is 0 Å². The summed E-state index contributed by atoms with van der Waals surface area (Å²) in [5, 5.41) is 9.96. The van der Waals surface area contributed by atoms with Crippen molar-refractivity contribution in [3.8, 4) is 5.75 Å². The van der Waals surface area contributed by atoms with Crippen LogP contribution in [0.2, 0.25) is 0 Å². The molecular weight excluding hydrogens is 637 g/mol. The van der Waals surface area contributed by atoms with Gasteiger partial charge in [-0.15, -0.1) is 34.7 Å². The number of benzene rings is 1. The number of fused-ring (bicyclic) bond motifs is 1. The van der Waals surface area contributed by atoms with Crippen molar-refractivity contribution in [1.82, 2.24) is 15.2 Å². The lowest BCUT2D eigenvalue weighted by atomic mass is 10.0. The Balaban J connectivity index is 1.51. The van der Waals surface area contributed by atoms with Gasteiger partial charge in [0.05, 0.1) is 7.11 Å². The molecule has 0 radical (unpaired) electrons. The third-order valence-electron chi connectivity index (χ3n) is 6.12. The number of nitrogens with one attached hydrogen (secondary N) is 2. The zero-order valence-corrected chi connectivity index (χ0v) is 26.3. The Morgan fingerprint density at radius 2 is 2.05 bits per heavy atom. The topological polar surface area (TPSA) is 149 Å².